The van der Waals surface area contributed by atoms with Crippen LogP contribution in [0.5, 0.6) is 11.5 Å². The molecule has 31 heavy (non-hydrogen) atoms. The van der Waals surface area contributed by atoms with Gasteiger partial charge in [-0.2, -0.15) is 0 Å². The lowest BCUT2D eigenvalue weighted by Crippen LogP contribution is -1.96. The molecule has 4 rings (SSSR count). The highest BCUT2D eigenvalue weighted by Crippen LogP contribution is 2.40. The minimum Gasteiger partial charge on any atom is -0.507 e. The Morgan fingerprint density at radius 3 is 2.45 bits per heavy atom. The van der Waals surface area contributed by atoms with Crippen molar-refractivity contribution in [3.05, 3.63) is 93.1 Å². The van der Waals surface area contributed by atoms with Crippen LogP contribution in [-0.4, -0.2) is 15.2 Å². The van der Waals surface area contributed by atoms with Gasteiger partial charge in [0.1, 0.15) is 18.1 Å². The number of hydrogen-bond donors (Lipinski definition) is 1. The van der Waals surface area contributed by atoms with E-state index in [9.17, 15) is 15.2 Å². The van der Waals surface area contributed by atoms with Crippen LogP contribution >= 0.6 is 11.6 Å². The standard InChI is InChI=1S/C23H17ClN2O5/c1-14-22(16-4-6-17(24)7-5-16)23(31-25-14)20-11-10-19(12-21(20)27)30-13-15-2-8-18(9-3-15)26(28)29/h2-12,27H,13H2,1H3. The summed E-state index contributed by atoms with van der Waals surface area (Å²) in [5.41, 5.74) is 3.60. The lowest BCUT2D eigenvalue weighted by atomic mass is 9.99. The zero-order valence-electron chi connectivity index (χ0n) is 16.4. The Hall–Kier alpha value is -3.84. The molecule has 0 aliphatic rings. The highest BCUT2D eigenvalue weighted by molar-refractivity contribution is 6.30. The van der Waals surface area contributed by atoms with Gasteiger partial charge in [0.05, 0.1) is 21.7 Å². The maximum Gasteiger partial charge on any atom is 0.269 e. The topological polar surface area (TPSA) is 98.6 Å². The predicted octanol–water partition coefficient (Wildman–Crippen LogP) is 6.16. The molecule has 0 aliphatic carbocycles. The number of nitro benzene ring substituents is 1. The molecule has 0 aliphatic heterocycles. The summed E-state index contributed by atoms with van der Waals surface area (Å²) < 4.78 is 11.2. The van der Waals surface area contributed by atoms with Gasteiger partial charge >= 0.3 is 0 Å². The van der Waals surface area contributed by atoms with Crippen LogP contribution in [0.25, 0.3) is 22.5 Å². The fraction of sp³-hybridized carbons (Fsp3) is 0.0870. The van der Waals surface area contributed by atoms with Crippen LogP contribution in [-0.2, 0) is 6.61 Å². The molecule has 1 heterocycles. The van der Waals surface area contributed by atoms with Crippen molar-refractivity contribution in [2.45, 2.75) is 13.5 Å². The van der Waals surface area contributed by atoms with Crippen molar-refractivity contribution < 1.29 is 19.3 Å². The van der Waals surface area contributed by atoms with Crippen molar-refractivity contribution in [1.82, 2.24) is 5.16 Å². The SMILES string of the molecule is Cc1noc(-c2ccc(OCc3ccc([N+](=O)[O-])cc3)cc2O)c1-c1ccc(Cl)cc1. The van der Waals surface area contributed by atoms with E-state index in [1.54, 1.807) is 36.4 Å². The maximum atomic E-state index is 10.7. The number of hydrogen-bond acceptors (Lipinski definition) is 6. The van der Waals surface area contributed by atoms with Crippen molar-refractivity contribution in [1.29, 1.82) is 0 Å². The molecule has 1 N–H and O–H groups in total. The number of non-ortho nitro benzene ring substituents is 1. The van der Waals surface area contributed by atoms with Crippen molar-refractivity contribution in [3.8, 4) is 33.9 Å². The number of phenols is 1. The van der Waals surface area contributed by atoms with E-state index in [0.29, 0.717) is 27.8 Å². The number of phenolic OH excluding ortho intramolecular Hbond substituents is 1. The summed E-state index contributed by atoms with van der Waals surface area (Å²) in [6.07, 6.45) is 0. The molecule has 3 aromatic carbocycles. The molecule has 0 bridgehead atoms. The molecule has 1 aromatic heterocycles. The second kappa shape index (κ2) is 8.49. The molecule has 0 amide bonds. The van der Waals surface area contributed by atoms with Crippen LogP contribution in [0, 0.1) is 17.0 Å². The summed E-state index contributed by atoms with van der Waals surface area (Å²) >= 11 is 5.98. The zero-order chi connectivity index (χ0) is 22.0. The fourth-order valence-electron chi connectivity index (χ4n) is 3.18. The molecule has 8 heteroatoms. The first-order valence-electron chi connectivity index (χ1n) is 9.34. The lowest BCUT2D eigenvalue weighted by molar-refractivity contribution is -0.384. The average molecular weight is 437 g/mol. The van der Waals surface area contributed by atoms with Crippen molar-refractivity contribution in [2.24, 2.45) is 0 Å². The van der Waals surface area contributed by atoms with E-state index >= 15 is 0 Å². The first kappa shape index (κ1) is 20.4. The highest BCUT2D eigenvalue weighted by atomic mass is 35.5. The van der Waals surface area contributed by atoms with Gasteiger partial charge < -0.3 is 14.4 Å². The van der Waals surface area contributed by atoms with Crippen LogP contribution in [0.2, 0.25) is 5.02 Å². The second-order valence-corrected chi connectivity index (χ2v) is 7.31. The van der Waals surface area contributed by atoms with Gasteiger partial charge in [0.25, 0.3) is 5.69 Å². The number of ether oxygens (including phenoxy) is 1. The largest absolute Gasteiger partial charge is 0.507 e. The van der Waals surface area contributed by atoms with E-state index in [-0.39, 0.29) is 18.0 Å². The summed E-state index contributed by atoms with van der Waals surface area (Å²) in [6, 6.07) is 18.3. The van der Waals surface area contributed by atoms with E-state index in [0.717, 1.165) is 16.7 Å². The third kappa shape index (κ3) is 4.36. The van der Waals surface area contributed by atoms with Crippen LogP contribution < -0.4 is 4.74 Å². The highest BCUT2D eigenvalue weighted by Gasteiger charge is 2.20. The van der Waals surface area contributed by atoms with Gasteiger partial charge in [-0.05, 0) is 54.4 Å². The molecular formula is C23H17ClN2O5. The van der Waals surface area contributed by atoms with Crippen LogP contribution in [0.1, 0.15) is 11.3 Å². The summed E-state index contributed by atoms with van der Waals surface area (Å²) in [4.78, 5) is 10.3. The first-order valence-corrected chi connectivity index (χ1v) is 9.72. The first-order chi connectivity index (χ1) is 14.9. The van der Waals surface area contributed by atoms with Crippen molar-refractivity contribution in [3.63, 3.8) is 0 Å². The second-order valence-electron chi connectivity index (χ2n) is 6.87. The number of halogens is 1. The van der Waals surface area contributed by atoms with Gasteiger partial charge in [-0.3, -0.25) is 10.1 Å². The van der Waals surface area contributed by atoms with Crippen molar-refractivity contribution >= 4 is 17.3 Å². The van der Waals surface area contributed by atoms with E-state index in [2.05, 4.69) is 5.16 Å². The lowest BCUT2D eigenvalue weighted by Gasteiger charge is -2.09. The van der Waals surface area contributed by atoms with Crippen LogP contribution in [0.4, 0.5) is 5.69 Å². The number of benzene rings is 3. The predicted molar refractivity (Wildman–Crippen MR) is 116 cm³/mol. The van der Waals surface area contributed by atoms with Gasteiger partial charge in [-0.25, -0.2) is 0 Å². The number of aromatic hydroxyl groups is 1. The fourth-order valence-corrected chi connectivity index (χ4v) is 3.31. The van der Waals surface area contributed by atoms with Gasteiger partial charge in [0.2, 0.25) is 0 Å². The Bertz CT molecular complexity index is 1230. The third-order valence-electron chi connectivity index (χ3n) is 4.76. The normalized spacial score (nSPS) is 10.8. The number of nitrogens with zero attached hydrogens (tertiary/aromatic N) is 2. The summed E-state index contributed by atoms with van der Waals surface area (Å²) in [5.74, 6) is 0.871. The summed E-state index contributed by atoms with van der Waals surface area (Å²) in [6.45, 7) is 2.03. The summed E-state index contributed by atoms with van der Waals surface area (Å²) in [5, 5.41) is 26.0. The average Bonchev–Trinajstić information content (AvgIpc) is 3.14. The number of aromatic nitrogens is 1. The Balaban J connectivity index is 1.56. The number of aryl methyl sites for hydroxylation is 1. The maximum absolute atomic E-state index is 10.7. The van der Waals surface area contributed by atoms with Gasteiger partial charge in [-0.1, -0.05) is 28.9 Å². The van der Waals surface area contributed by atoms with E-state index in [1.807, 2.05) is 19.1 Å². The van der Waals surface area contributed by atoms with Gasteiger partial charge in [0, 0.05) is 23.2 Å². The van der Waals surface area contributed by atoms with Gasteiger partial charge in [-0.15, -0.1) is 0 Å². The Morgan fingerprint density at radius 1 is 1.10 bits per heavy atom. The molecule has 0 saturated heterocycles. The molecule has 0 saturated carbocycles. The van der Waals surface area contributed by atoms with E-state index < -0.39 is 4.92 Å². The minimum absolute atomic E-state index is 0.0181. The number of rotatable bonds is 6. The quantitative estimate of drug-likeness (QED) is 0.287. The monoisotopic (exact) mass is 436 g/mol. The van der Waals surface area contributed by atoms with Gasteiger partial charge in [0.15, 0.2) is 5.76 Å². The molecule has 156 valence electrons. The molecule has 4 aromatic rings. The smallest absolute Gasteiger partial charge is 0.269 e. The van der Waals surface area contributed by atoms with E-state index in [1.165, 1.54) is 18.2 Å². The molecule has 0 atom stereocenters. The van der Waals surface area contributed by atoms with Crippen LogP contribution in [0.3, 0.4) is 0 Å². The number of nitro groups is 1. The van der Waals surface area contributed by atoms with Crippen LogP contribution in [0.15, 0.2) is 71.3 Å². The molecule has 0 unspecified atom stereocenters. The summed E-state index contributed by atoms with van der Waals surface area (Å²) in [7, 11) is 0. The molecular weight excluding hydrogens is 420 g/mol. The molecule has 0 spiro atoms. The molecule has 0 radical (unpaired) electrons. The Morgan fingerprint density at radius 2 is 1.81 bits per heavy atom. The molecule has 7 nitrogen and oxygen atoms in total. The Kier molecular flexibility index (Phi) is 5.60. The third-order valence-corrected chi connectivity index (χ3v) is 5.01. The minimum atomic E-state index is -0.453. The van der Waals surface area contributed by atoms with Crippen molar-refractivity contribution in [2.75, 3.05) is 0 Å². The Labute approximate surface area is 182 Å². The zero-order valence-corrected chi connectivity index (χ0v) is 17.2. The molecule has 0 fully saturated rings. The van der Waals surface area contributed by atoms with E-state index in [4.69, 9.17) is 20.9 Å².